The summed E-state index contributed by atoms with van der Waals surface area (Å²) in [5.74, 6) is 0.858. The maximum atomic E-state index is 6.01. The Morgan fingerprint density at radius 3 is 2.46 bits per heavy atom. The quantitative estimate of drug-likeness (QED) is 0.546. The predicted molar refractivity (Wildman–Crippen MR) is 109 cm³/mol. The molecule has 0 bridgehead atoms. The first-order valence-corrected chi connectivity index (χ1v) is 9.71. The molecule has 0 saturated carbocycles. The molecule has 0 aliphatic heterocycles. The Labute approximate surface area is 162 Å². The Kier molecular flexibility index (Phi) is 6.26. The molecule has 0 atom stereocenters. The summed E-state index contributed by atoms with van der Waals surface area (Å²) in [6.45, 7) is 5.35. The summed E-state index contributed by atoms with van der Waals surface area (Å²) < 4.78 is 7.34. The van der Waals surface area contributed by atoms with E-state index in [4.69, 9.17) is 16.3 Å². The van der Waals surface area contributed by atoms with Gasteiger partial charge in [-0.1, -0.05) is 23.7 Å². The largest absolute Gasteiger partial charge is 0.494 e. The van der Waals surface area contributed by atoms with Crippen LogP contribution in [0, 0.1) is 0 Å². The SMILES string of the molecule is CCN=c1scc(-c2ccc(Cl)cc2)n1N=Cc1ccc(OCC)cc1. The van der Waals surface area contributed by atoms with Crippen molar-refractivity contribution in [2.75, 3.05) is 13.2 Å². The maximum Gasteiger partial charge on any atom is 0.206 e. The van der Waals surface area contributed by atoms with E-state index >= 15 is 0 Å². The molecule has 0 aliphatic rings. The molecular formula is C20H20ClN3OS. The first-order chi connectivity index (χ1) is 12.7. The van der Waals surface area contributed by atoms with Crippen LogP contribution < -0.4 is 9.54 Å². The third-order valence-corrected chi connectivity index (χ3v) is 4.74. The number of hydrogen-bond donors (Lipinski definition) is 0. The van der Waals surface area contributed by atoms with E-state index in [0.717, 1.165) is 27.4 Å². The molecule has 4 nitrogen and oxygen atoms in total. The van der Waals surface area contributed by atoms with Crippen LogP contribution >= 0.6 is 22.9 Å². The molecule has 0 N–H and O–H groups in total. The molecule has 1 heterocycles. The van der Waals surface area contributed by atoms with Gasteiger partial charge < -0.3 is 4.74 Å². The average molecular weight is 386 g/mol. The molecule has 1 aromatic heterocycles. The van der Waals surface area contributed by atoms with Crippen LogP contribution in [-0.2, 0) is 0 Å². The van der Waals surface area contributed by atoms with E-state index in [1.807, 2.05) is 73.3 Å². The van der Waals surface area contributed by atoms with Crippen molar-refractivity contribution in [3.8, 4) is 17.0 Å². The van der Waals surface area contributed by atoms with Gasteiger partial charge in [-0.25, -0.2) is 4.68 Å². The number of aromatic nitrogens is 1. The molecule has 0 aliphatic carbocycles. The van der Waals surface area contributed by atoms with Gasteiger partial charge in [-0.3, -0.25) is 4.99 Å². The normalized spacial score (nSPS) is 12.0. The van der Waals surface area contributed by atoms with Crippen LogP contribution in [0.2, 0.25) is 5.02 Å². The number of benzene rings is 2. The monoisotopic (exact) mass is 385 g/mol. The highest BCUT2D eigenvalue weighted by Gasteiger charge is 2.07. The molecule has 0 unspecified atom stereocenters. The third kappa shape index (κ3) is 4.42. The number of nitrogens with zero attached hydrogens (tertiary/aromatic N) is 3. The van der Waals surface area contributed by atoms with Crippen molar-refractivity contribution in [1.29, 1.82) is 0 Å². The second-order valence-electron chi connectivity index (χ2n) is 5.44. The van der Waals surface area contributed by atoms with Gasteiger partial charge in [-0.05, 0) is 55.8 Å². The van der Waals surface area contributed by atoms with Crippen molar-refractivity contribution in [2.24, 2.45) is 10.1 Å². The van der Waals surface area contributed by atoms with Crippen LogP contribution in [0.15, 0.2) is 64.0 Å². The lowest BCUT2D eigenvalue weighted by atomic mass is 10.2. The number of rotatable bonds is 6. The molecule has 134 valence electrons. The molecule has 6 heteroatoms. The molecule has 26 heavy (non-hydrogen) atoms. The first-order valence-electron chi connectivity index (χ1n) is 8.45. The zero-order valence-electron chi connectivity index (χ0n) is 14.7. The fourth-order valence-electron chi connectivity index (χ4n) is 2.41. The molecule has 2 aromatic carbocycles. The van der Waals surface area contributed by atoms with Gasteiger partial charge in [0.2, 0.25) is 4.80 Å². The Balaban J connectivity index is 1.96. The van der Waals surface area contributed by atoms with Crippen molar-refractivity contribution >= 4 is 29.2 Å². The fourth-order valence-corrected chi connectivity index (χ4v) is 3.44. The Morgan fingerprint density at radius 2 is 1.81 bits per heavy atom. The van der Waals surface area contributed by atoms with Crippen LogP contribution in [0.3, 0.4) is 0 Å². The summed E-state index contributed by atoms with van der Waals surface area (Å²) in [4.78, 5) is 5.40. The average Bonchev–Trinajstić information content (AvgIpc) is 3.05. The number of hydrogen-bond acceptors (Lipinski definition) is 4. The molecule has 0 spiro atoms. The second kappa shape index (κ2) is 8.83. The topological polar surface area (TPSA) is 38.9 Å². The van der Waals surface area contributed by atoms with Gasteiger partial charge in [0.15, 0.2) is 0 Å². The van der Waals surface area contributed by atoms with Crippen LogP contribution in [0.5, 0.6) is 5.75 Å². The Morgan fingerprint density at radius 1 is 1.08 bits per heavy atom. The standard InChI is InChI=1S/C20H20ClN3OS/c1-3-22-20-24(19(14-26-20)16-7-9-17(21)10-8-16)23-13-15-5-11-18(12-6-15)25-4-2/h5-14H,3-4H2,1-2H3. The lowest BCUT2D eigenvalue weighted by Gasteiger charge is -2.04. The zero-order valence-corrected chi connectivity index (χ0v) is 16.3. The first kappa shape index (κ1) is 18.4. The van der Waals surface area contributed by atoms with E-state index in [1.54, 1.807) is 11.3 Å². The van der Waals surface area contributed by atoms with Crippen LogP contribution in [0.1, 0.15) is 19.4 Å². The fraction of sp³-hybridized carbons (Fsp3) is 0.200. The highest BCUT2D eigenvalue weighted by Crippen LogP contribution is 2.22. The van der Waals surface area contributed by atoms with E-state index in [9.17, 15) is 0 Å². The lowest BCUT2D eigenvalue weighted by Crippen LogP contribution is -2.12. The molecule has 0 amide bonds. The minimum atomic E-state index is 0.657. The van der Waals surface area contributed by atoms with Crippen molar-refractivity contribution in [3.63, 3.8) is 0 Å². The van der Waals surface area contributed by atoms with E-state index in [1.165, 1.54) is 0 Å². The van der Waals surface area contributed by atoms with Gasteiger partial charge in [0.25, 0.3) is 0 Å². The van der Waals surface area contributed by atoms with Crippen molar-refractivity contribution in [2.45, 2.75) is 13.8 Å². The van der Waals surface area contributed by atoms with Crippen LogP contribution in [-0.4, -0.2) is 24.0 Å². The van der Waals surface area contributed by atoms with Crippen molar-refractivity contribution < 1.29 is 4.74 Å². The van der Waals surface area contributed by atoms with Gasteiger partial charge in [0.05, 0.1) is 18.5 Å². The molecule has 0 saturated heterocycles. The summed E-state index contributed by atoms with van der Waals surface area (Å²) in [7, 11) is 0. The third-order valence-electron chi connectivity index (χ3n) is 3.63. The predicted octanol–water partition coefficient (Wildman–Crippen LogP) is 5.07. The summed E-state index contributed by atoms with van der Waals surface area (Å²) in [6.07, 6.45) is 1.83. The Bertz CT molecular complexity index is 940. The zero-order chi connectivity index (χ0) is 18.4. The van der Waals surface area contributed by atoms with E-state index in [2.05, 4.69) is 15.5 Å². The minimum absolute atomic E-state index is 0.657. The van der Waals surface area contributed by atoms with E-state index < -0.39 is 0 Å². The van der Waals surface area contributed by atoms with E-state index in [0.29, 0.717) is 18.2 Å². The van der Waals surface area contributed by atoms with Crippen molar-refractivity contribution in [3.05, 3.63) is 69.3 Å². The van der Waals surface area contributed by atoms with Gasteiger partial charge in [-0.15, -0.1) is 11.3 Å². The van der Waals surface area contributed by atoms with Crippen molar-refractivity contribution in [1.82, 2.24) is 4.68 Å². The van der Waals surface area contributed by atoms with E-state index in [-0.39, 0.29) is 0 Å². The maximum absolute atomic E-state index is 6.01. The lowest BCUT2D eigenvalue weighted by molar-refractivity contribution is 0.340. The minimum Gasteiger partial charge on any atom is -0.494 e. The molecule has 0 radical (unpaired) electrons. The molecule has 3 rings (SSSR count). The number of thiazole rings is 1. The van der Waals surface area contributed by atoms with Gasteiger partial charge >= 0.3 is 0 Å². The smallest absolute Gasteiger partial charge is 0.206 e. The highest BCUT2D eigenvalue weighted by molar-refractivity contribution is 7.07. The van der Waals surface area contributed by atoms with Crippen LogP contribution in [0.25, 0.3) is 11.3 Å². The molecule has 0 fully saturated rings. The van der Waals surface area contributed by atoms with Crippen LogP contribution in [0.4, 0.5) is 0 Å². The van der Waals surface area contributed by atoms with Gasteiger partial charge in [0.1, 0.15) is 5.75 Å². The second-order valence-corrected chi connectivity index (χ2v) is 6.72. The van der Waals surface area contributed by atoms with Gasteiger partial charge in [0, 0.05) is 22.5 Å². The van der Waals surface area contributed by atoms with Gasteiger partial charge in [-0.2, -0.15) is 5.10 Å². The highest BCUT2D eigenvalue weighted by atomic mass is 35.5. The molecule has 3 aromatic rings. The summed E-state index contributed by atoms with van der Waals surface area (Å²) in [6, 6.07) is 15.6. The Hall–Kier alpha value is -2.37. The summed E-state index contributed by atoms with van der Waals surface area (Å²) in [5, 5.41) is 7.44. The molecular weight excluding hydrogens is 366 g/mol. The summed E-state index contributed by atoms with van der Waals surface area (Å²) >= 11 is 7.58. The number of halogens is 1. The number of ether oxygens (including phenoxy) is 1. The summed E-state index contributed by atoms with van der Waals surface area (Å²) in [5.41, 5.74) is 3.03.